The number of pyridine rings is 1. The zero-order valence-corrected chi connectivity index (χ0v) is 15.2. The highest BCUT2D eigenvalue weighted by atomic mass is 19.1. The normalized spacial score (nSPS) is 17.5. The zero-order chi connectivity index (χ0) is 19.7. The number of hydrogen-bond acceptors (Lipinski definition) is 4. The molecule has 7 nitrogen and oxygen atoms in total. The van der Waals surface area contributed by atoms with Gasteiger partial charge < -0.3 is 14.7 Å². The van der Waals surface area contributed by atoms with E-state index in [-0.39, 0.29) is 28.8 Å². The van der Waals surface area contributed by atoms with Crippen molar-refractivity contribution in [3.63, 3.8) is 0 Å². The Morgan fingerprint density at radius 2 is 1.96 bits per heavy atom. The van der Waals surface area contributed by atoms with Crippen LogP contribution in [0, 0.1) is 5.82 Å². The fourth-order valence-corrected chi connectivity index (χ4v) is 3.77. The van der Waals surface area contributed by atoms with Crippen molar-refractivity contribution in [1.29, 1.82) is 0 Å². The van der Waals surface area contributed by atoms with Crippen LogP contribution >= 0.6 is 0 Å². The Hall–Kier alpha value is -3.16. The minimum Gasteiger partial charge on any atom is -0.487 e. The summed E-state index contributed by atoms with van der Waals surface area (Å²) in [6.07, 6.45) is 4.31. The molecular weight excluding hydrogens is 365 g/mol. The van der Waals surface area contributed by atoms with Gasteiger partial charge in [-0.15, -0.1) is 0 Å². The van der Waals surface area contributed by atoms with Crippen molar-refractivity contribution in [3.05, 3.63) is 53.5 Å². The summed E-state index contributed by atoms with van der Waals surface area (Å²) < 4.78 is 19.7. The van der Waals surface area contributed by atoms with Crippen LogP contribution in [-0.2, 0) is 6.42 Å². The van der Waals surface area contributed by atoms with Crippen LogP contribution in [0.3, 0.4) is 0 Å². The number of urea groups is 1. The average Bonchev–Trinajstić information content (AvgIpc) is 2.68. The van der Waals surface area contributed by atoms with E-state index in [9.17, 15) is 14.0 Å². The largest absolute Gasteiger partial charge is 0.487 e. The molecule has 0 aliphatic carbocycles. The van der Waals surface area contributed by atoms with E-state index in [1.807, 2.05) is 0 Å². The smallest absolute Gasteiger partial charge is 0.335 e. The van der Waals surface area contributed by atoms with Gasteiger partial charge in [-0.25, -0.2) is 19.0 Å². The Kier molecular flexibility index (Phi) is 4.62. The van der Waals surface area contributed by atoms with Gasteiger partial charge in [-0.2, -0.15) is 0 Å². The predicted octanol–water partition coefficient (Wildman–Crippen LogP) is 3.31. The van der Waals surface area contributed by atoms with E-state index < -0.39 is 5.97 Å². The molecule has 0 bridgehead atoms. The number of hydrogen-bond donors (Lipinski definition) is 2. The van der Waals surface area contributed by atoms with Crippen LogP contribution in [0.5, 0.6) is 5.75 Å². The third-order valence-electron chi connectivity index (χ3n) is 5.41. The van der Waals surface area contributed by atoms with E-state index >= 15 is 0 Å². The Labute approximate surface area is 161 Å². The van der Waals surface area contributed by atoms with E-state index in [1.165, 1.54) is 30.5 Å². The lowest BCUT2D eigenvalue weighted by Gasteiger charge is -2.44. The molecule has 0 unspecified atom stereocenters. The van der Waals surface area contributed by atoms with Crippen molar-refractivity contribution >= 4 is 17.8 Å². The minimum atomic E-state index is -1.08. The van der Waals surface area contributed by atoms with Crippen molar-refractivity contribution in [3.8, 4) is 5.75 Å². The zero-order valence-electron chi connectivity index (χ0n) is 15.2. The first-order valence-corrected chi connectivity index (χ1v) is 9.17. The van der Waals surface area contributed by atoms with Gasteiger partial charge in [0.2, 0.25) is 0 Å². The van der Waals surface area contributed by atoms with Crippen LogP contribution in [0.25, 0.3) is 0 Å². The van der Waals surface area contributed by atoms with Gasteiger partial charge in [0.15, 0.2) is 0 Å². The average molecular weight is 385 g/mol. The number of carboxylic acids is 1. The standard InChI is InChI=1S/C20H20FN3O4/c21-15-2-1-13-3-5-20(28-16(13)12-15)6-9-24(10-7-20)19(27)23-17-11-14(18(25)26)4-8-22-17/h1-2,4,8,11-12H,3,5-7,9-10H2,(H,25,26)(H,22,23,27). The van der Waals surface area contributed by atoms with Gasteiger partial charge >= 0.3 is 12.0 Å². The molecule has 2 amide bonds. The number of halogens is 1. The highest BCUT2D eigenvalue weighted by Crippen LogP contribution is 2.39. The maximum absolute atomic E-state index is 13.5. The molecule has 3 heterocycles. The van der Waals surface area contributed by atoms with Gasteiger partial charge in [0.25, 0.3) is 0 Å². The van der Waals surface area contributed by atoms with E-state index in [2.05, 4.69) is 10.3 Å². The maximum atomic E-state index is 13.5. The molecular formula is C20H20FN3O4. The van der Waals surface area contributed by atoms with Crippen LogP contribution in [0.4, 0.5) is 15.0 Å². The molecule has 28 heavy (non-hydrogen) atoms. The number of piperidine rings is 1. The van der Waals surface area contributed by atoms with Crippen molar-refractivity contribution in [2.24, 2.45) is 0 Å². The summed E-state index contributed by atoms with van der Waals surface area (Å²) in [6, 6.07) is 6.99. The molecule has 2 aliphatic heterocycles. The van der Waals surface area contributed by atoms with Crippen LogP contribution < -0.4 is 10.1 Å². The van der Waals surface area contributed by atoms with Gasteiger partial charge in [-0.3, -0.25) is 5.32 Å². The van der Waals surface area contributed by atoms with Gasteiger partial charge in [0.1, 0.15) is 23.0 Å². The number of aromatic carboxylic acids is 1. The molecule has 4 rings (SSSR count). The number of likely N-dealkylation sites (tertiary alicyclic amines) is 1. The molecule has 1 saturated heterocycles. The molecule has 0 saturated carbocycles. The highest BCUT2D eigenvalue weighted by molar-refractivity contribution is 5.92. The Morgan fingerprint density at radius 3 is 2.71 bits per heavy atom. The second kappa shape index (κ2) is 7.10. The molecule has 2 aliphatic rings. The number of aromatic nitrogens is 1. The first-order chi connectivity index (χ1) is 13.4. The van der Waals surface area contributed by atoms with Gasteiger partial charge in [0.05, 0.1) is 5.56 Å². The van der Waals surface area contributed by atoms with Crippen molar-refractivity contribution in [1.82, 2.24) is 9.88 Å². The molecule has 1 aromatic carbocycles. The third kappa shape index (κ3) is 3.62. The van der Waals surface area contributed by atoms with E-state index in [0.29, 0.717) is 31.7 Å². The number of amides is 2. The number of carbonyl (C=O) groups excluding carboxylic acids is 1. The van der Waals surface area contributed by atoms with Gasteiger partial charge in [-0.05, 0) is 36.6 Å². The predicted molar refractivity (Wildman–Crippen MR) is 99.1 cm³/mol. The molecule has 1 spiro atoms. The van der Waals surface area contributed by atoms with Crippen LogP contribution in [0.2, 0.25) is 0 Å². The van der Waals surface area contributed by atoms with Crippen LogP contribution in [0.15, 0.2) is 36.5 Å². The van der Waals surface area contributed by atoms with Gasteiger partial charge in [-0.1, -0.05) is 6.07 Å². The van der Waals surface area contributed by atoms with E-state index in [0.717, 1.165) is 18.4 Å². The summed E-state index contributed by atoms with van der Waals surface area (Å²) in [7, 11) is 0. The van der Waals surface area contributed by atoms with Crippen molar-refractivity contribution in [2.75, 3.05) is 18.4 Å². The fraction of sp³-hybridized carbons (Fsp3) is 0.350. The lowest BCUT2D eigenvalue weighted by Crippen LogP contribution is -2.52. The molecule has 1 fully saturated rings. The molecule has 8 heteroatoms. The Bertz CT molecular complexity index is 925. The molecule has 2 aromatic rings. The summed E-state index contributed by atoms with van der Waals surface area (Å²) in [4.78, 5) is 29.2. The number of anilines is 1. The number of carbonyl (C=O) groups is 2. The van der Waals surface area contributed by atoms with Crippen molar-refractivity contribution in [2.45, 2.75) is 31.3 Å². The number of fused-ring (bicyclic) bond motifs is 1. The third-order valence-corrected chi connectivity index (χ3v) is 5.41. The van der Waals surface area contributed by atoms with Crippen molar-refractivity contribution < 1.29 is 23.8 Å². The second-order valence-electron chi connectivity index (χ2n) is 7.19. The maximum Gasteiger partial charge on any atom is 0.335 e. The van der Waals surface area contributed by atoms with Crippen LogP contribution in [-0.4, -0.2) is 45.7 Å². The summed E-state index contributed by atoms with van der Waals surface area (Å²) in [5.41, 5.74) is 0.694. The van der Waals surface area contributed by atoms with Gasteiger partial charge in [0, 0.05) is 38.2 Å². The summed E-state index contributed by atoms with van der Waals surface area (Å²) in [5, 5.41) is 11.7. The Balaban J connectivity index is 1.38. The summed E-state index contributed by atoms with van der Waals surface area (Å²) >= 11 is 0. The Morgan fingerprint density at radius 1 is 1.18 bits per heavy atom. The highest BCUT2D eigenvalue weighted by Gasteiger charge is 2.40. The second-order valence-corrected chi connectivity index (χ2v) is 7.19. The lowest BCUT2D eigenvalue weighted by molar-refractivity contribution is -0.00460. The lowest BCUT2D eigenvalue weighted by atomic mass is 9.83. The number of aryl methyl sites for hydroxylation is 1. The topological polar surface area (TPSA) is 91.8 Å². The number of nitrogens with one attached hydrogen (secondary N) is 1. The molecule has 1 aromatic heterocycles. The van der Waals surface area contributed by atoms with E-state index in [4.69, 9.17) is 9.84 Å². The SMILES string of the molecule is O=C(O)c1ccnc(NC(=O)N2CCC3(CCc4ccc(F)cc4O3)CC2)c1. The number of benzene rings is 1. The summed E-state index contributed by atoms with van der Waals surface area (Å²) in [6.45, 7) is 0.990. The molecule has 0 radical (unpaired) electrons. The first kappa shape index (κ1) is 18.2. The molecule has 2 N–H and O–H groups in total. The fourth-order valence-electron chi connectivity index (χ4n) is 3.77. The van der Waals surface area contributed by atoms with E-state index in [1.54, 1.807) is 11.0 Å². The number of carboxylic acid groups (broad SMARTS) is 1. The number of ether oxygens (including phenoxy) is 1. The number of nitrogens with zero attached hydrogens (tertiary/aromatic N) is 2. The number of rotatable bonds is 2. The molecule has 146 valence electrons. The quantitative estimate of drug-likeness (QED) is 0.828. The monoisotopic (exact) mass is 385 g/mol. The first-order valence-electron chi connectivity index (χ1n) is 9.17. The minimum absolute atomic E-state index is 0.0596. The van der Waals surface area contributed by atoms with Crippen LogP contribution in [0.1, 0.15) is 35.2 Å². The molecule has 0 atom stereocenters. The summed E-state index contributed by atoms with van der Waals surface area (Å²) in [5.74, 6) is -0.602.